The highest BCUT2D eigenvalue weighted by molar-refractivity contribution is 6.04. The zero-order valence-electron chi connectivity index (χ0n) is 23.0. The van der Waals surface area contributed by atoms with E-state index in [2.05, 4.69) is 5.32 Å². The van der Waals surface area contributed by atoms with Crippen LogP contribution in [0.1, 0.15) is 42.7 Å². The van der Waals surface area contributed by atoms with Crippen molar-refractivity contribution in [1.29, 1.82) is 0 Å². The van der Waals surface area contributed by atoms with E-state index >= 15 is 0 Å². The third-order valence-corrected chi connectivity index (χ3v) is 7.69. The molecule has 0 saturated heterocycles. The number of hydrogen-bond acceptors (Lipinski definition) is 8. The third-order valence-electron chi connectivity index (χ3n) is 7.69. The summed E-state index contributed by atoms with van der Waals surface area (Å²) in [5, 5.41) is 3.40. The topological polar surface area (TPSA) is 92.3 Å². The molecule has 0 bridgehead atoms. The molecule has 41 heavy (non-hydrogen) atoms. The van der Waals surface area contributed by atoms with Crippen molar-refractivity contribution in [2.45, 2.75) is 31.6 Å². The van der Waals surface area contributed by atoms with Crippen molar-refractivity contribution < 1.29 is 33.3 Å². The van der Waals surface area contributed by atoms with E-state index < -0.39 is 11.9 Å². The molecule has 0 saturated carbocycles. The Morgan fingerprint density at radius 3 is 2.44 bits per heavy atom. The van der Waals surface area contributed by atoms with Gasteiger partial charge >= 0.3 is 5.97 Å². The summed E-state index contributed by atoms with van der Waals surface area (Å²) in [7, 11) is 1.63. The molecule has 2 atom stereocenters. The highest BCUT2D eigenvalue weighted by Gasteiger charge is 2.42. The van der Waals surface area contributed by atoms with Crippen molar-refractivity contribution in [2.24, 2.45) is 0 Å². The number of esters is 1. The van der Waals surface area contributed by atoms with Gasteiger partial charge in [0.05, 0.1) is 12.7 Å². The summed E-state index contributed by atoms with van der Waals surface area (Å²) in [6.45, 7) is 2.26. The molecule has 2 aliphatic heterocycles. The van der Waals surface area contributed by atoms with Crippen molar-refractivity contribution in [3.63, 3.8) is 0 Å². The average Bonchev–Trinajstić information content (AvgIpc) is 3.47. The Morgan fingerprint density at radius 2 is 1.66 bits per heavy atom. The molecule has 3 aromatic rings. The zero-order chi connectivity index (χ0) is 28.3. The maximum Gasteiger partial charge on any atom is 0.336 e. The molecule has 0 spiro atoms. The Balaban J connectivity index is 1.29. The SMILES string of the molecule is COc1ccc([C@@H]2CC(=O)C3=C(C2)NC(C)=C(C(=O)OCCOc2ccccc2)[C@H]3c2ccc3c(c2)OCO3)cc1. The molecular formula is C33H31NO7. The van der Waals surface area contributed by atoms with Crippen LogP contribution in [-0.2, 0) is 14.3 Å². The van der Waals surface area contributed by atoms with Crippen LogP contribution in [0.5, 0.6) is 23.0 Å². The van der Waals surface area contributed by atoms with E-state index in [4.69, 9.17) is 23.7 Å². The second kappa shape index (κ2) is 11.4. The lowest BCUT2D eigenvalue weighted by molar-refractivity contribution is -0.140. The molecule has 3 aliphatic rings. The van der Waals surface area contributed by atoms with Crippen LogP contribution in [0.15, 0.2) is 95.3 Å². The van der Waals surface area contributed by atoms with Crippen molar-refractivity contribution in [2.75, 3.05) is 27.1 Å². The Bertz CT molecular complexity index is 1520. The molecule has 2 heterocycles. The quantitative estimate of drug-likeness (QED) is 0.293. The summed E-state index contributed by atoms with van der Waals surface area (Å²) in [6, 6.07) is 22.7. The number of dihydropyridines is 1. The lowest BCUT2D eigenvalue weighted by Gasteiger charge is -2.36. The first-order chi connectivity index (χ1) is 20.0. The maximum atomic E-state index is 13.9. The number of nitrogens with one attached hydrogen (secondary N) is 1. The predicted molar refractivity (Wildman–Crippen MR) is 151 cm³/mol. The molecule has 6 rings (SSSR count). The number of hydrogen-bond donors (Lipinski definition) is 1. The van der Waals surface area contributed by atoms with E-state index in [1.807, 2.05) is 79.7 Å². The number of carbonyl (C=O) groups excluding carboxylic acids is 2. The van der Waals surface area contributed by atoms with Crippen LogP contribution in [0.2, 0.25) is 0 Å². The molecule has 0 aromatic heterocycles. The molecule has 210 valence electrons. The number of fused-ring (bicyclic) bond motifs is 1. The minimum absolute atomic E-state index is 0.00699. The van der Waals surface area contributed by atoms with E-state index in [0.717, 1.165) is 22.6 Å². The number of methoxy groups -OCH3 is 1. The highest BCUT2D eigenvalue weighted by atomic mass is 16.7. The fourth-order valence-corrected chi connectivity index (χ4v) is 5.74. The lowest BCUT2D eigenvalue weighted by Crippen LogP contribution is -2.36. The van der Waals surface area contributed by atoms with Gasteiger partial charge in [0.2, 0.25) is 6.79 Å². The second-order valence-corrected chi connectivity index (χ2v) is 10.2. The Hall–Kier alpha value is -4.72. The summed E-state index contributed by atoms with van der Waals surface area (Å²) in [4.78, 5) is 27.5. The summed E-state index contributed by atoms with van der Waals surface area (Å²) < 4.78 is 27.8. The normalized spacial score (nSPS) is 19.4. The fourth-order valence-electron chi connectivity index (χ4n) is 5.74. The summed E-state index contributed by atoms with van der Waals surface area (Å²) in [6.07, 6.45) is 0.971. The first-order valence-corrected chi connectivity index (χ1v) is 13.6. The molecule has 3 aromatic carbocycles. The van der Waals surface area contributed by atoms with E-state index in [0.29, 0.717) is 46.9 Å². The van der Waals surface area contributed by atoms with Gasteiger partial charge < -0.3 is 29.0 Å². The van der Waals surface area contributed by atoms with Gasteiger partial charge in [-0.3, -0.25) is 4.79 Å². The monoisotopic (exact) mass is 553 g/mol. The number of ether oxygens (including phenoxy) is 5. The third kappa shape index (κ3) is 5.37. The molecule has 0 radical (unpaired) electrons. The smallest absolute Gasteiger partial charge is 0.336 e. The largest absolute Gasteiger partial charge is 0.497 e. The molecule has 0 amide bonds. The molecule has 1 N–H and O–H groups in total. The molecule has 8 nitrogen and oxygen atoms in total. The highest BCUT2D eigenvalue weighted by Crippen LogP contribution is 2.47. The van der Waals surface area contributed by atoms with Crippen LogP contribution in [-0.4, -0.2) is 38.9 Å². The minimum atomic E-state index is -0.604. The number of benzene rings is 3. The van der Waals surface area contributed by atoms with E-state index in [9.17, 15) is 9.59 Å². The van der Waals surface area contributed by atoms with Crippen molar-refractivity contribution in [3.05, 3.63) is 106 Å². The van der Waals surface area contributed by atoms with Gasteiger partial charge in [-0.05, 0) is 66.8 Å². The standard InChI is InChI=1S/C33H31NO7/c1-20-30(33(36)39-15-14-38-25-6-4-3-5-7-25)31(22-10-13-28-29(18-22)41-19-40-28)32-26(34-20)16-23(17-27(32)35)21-8-11-24(37-2)12-9-21/h3-13,18,23,31,34H,14-17,19H2,1-2H3/t23-,31+/m0/s1. The summed E-state index contributed by atoms with van der Waals surface area (Å²) in [5.74, 6) is 1.59. The van der Waals surface area contributed by atoms with Gasteiger partial charge in [0, 0.05) is 29.3 Å². The summed E-state index contributed by atoms with van der Waals surface area (Å²) >= 11 is 0. The van der Waals surface area contributed by atoms with Crippen LogP contribution in [0.25, 0.3) is 0 Å². The Morgan fingerprint density at radius 1 is 0.902 bits per heavy atom. The van der Waals surface area contributed by atoms with Gasteiger partial charge in [0.15, 0.2) is 17.3 Å². The molecule has 8 heteroatoms. The van der Waals surface area contributed by atoms with Crippen LogP contribution in [0, 0.1) is 0 Å². The first kappa shape index (κ1) is 26.5. The van der Waals surface area contributed by atoms with Gasteiger partial charge in [0.1, 0.15) is 24.7 Å². The van der Waals surface area contributed by atoms with Crippen LogP contribution in [0.3, 0.4) is 0 Å². The molecule has 0 fully saturated rings. The van der Waals surface area contributed by atoms with Gasteiger partial charge in [-0.25, -0.2) is 4.79 Å². The Labute approximate surface area is 238 Å². The van der Waals surface area contributed by atoms with Crippen molar-refractivity contribution in [3.8, 4) is 23.0 Å². The number of Topliss-reactive ketones (excluding diaryl/α,β-unsaturated/α-hetero) is 1. The first-order valence-electron chi connectivity index (χ1n) is 13.6. The van der Waals surface area contributed by atoms with E-state index in [1.54, 1.807) is 7.11 Å². The lowest BCUT2D eigenvalue weighted by atomic mass is 9.71. The average molecular weight is 554 g/mol. The van der Waals surface area contributed by atoms with E-state index in [-0.39, 0.29) is 31.7 Å². The fraction of sp³-hybridized carbons (Fsp3) is 0.273. The predicted octanol–water partition coefficient (Wildman–Crippen LogP) is 5.41. The summed E-state index contributed by atoms with van der Waals surface area (Å²) in [5.41, 5.74) is 4.31. The van der Waals surface area contributed by atoms with Crippen molar-refractivity contribution >= 4 is 11.8 Å². The zero-order valence-corrected chi connectivity index (χ0v) is 23.0. The number of carbonyl (C=O) groups is 2. The van der Waals surface area contributed by atoms with Gasteiger partial charge in [0.25, 0.3) is 0 Å². The number of allylic oxidation sites excluding steroid dienone is 3. The van der Waals surface area contributed by atoms with E-state index in [1.165, 1.54) is 0 Å². The molecule has 0 unspecified atom stereocenters. The van der Waals surface area contributed by atoms with Crippen molar-refractivity contribution in [1.82, 2.24) is 5.32 Å². The van der Waals surface area contributed by atoms with Crippen LogP contribution in [0.4, 0.5) is 0 Å². The van der Waals surface area contributed by atoms with Crippen LogP contribution >= 0.6 is 0 Å². The molecular weight excluding hydrogens is 522 g/mol. The van der Waals surface area contributed by atoms with Crippen LogP contribution < -0.4 is 24.3 Å². The number of para-hydroxylation sites is 1. The van der Waals surface area contributed by atoms with Gasteiger partial charge in [-0.1, -0.05) is 36.4 Å². The number of ketones is 1. The molecule has 1 aliphatic carbocycles. The van der Waals surface area contributed by atoms with Gasteiger partial charge in [-0.15, -0.1) is 0 Å². The minimum Gasteiger partial charge on any atom is -0.497 e. The second-order valence-electron chi connectivity index (χ2n) is 10.2. The Kier molecular flexibility index (Phi) is 7.37. The van der Waals surface area contributed by atoms with Gasteiger partial charge in [-0.2, -0.15) is 0 Å². The maximum absolute atomic E-state index is 13.9. The number of rotatable bonds is 8.